The summed E-state index contributed by atoms with van der Waals surface area (Å²) in [5.74, 6) is 1.52. The summed E-state index contributed by atoms with van der Waals surface area (Å²) in [5, 5.41) is 10.8. The minimum absolute atomic E-state index is 0.249. The second-order valence-corrected chi connectivity index (χ2v) is 4.37. The van der Waals surface area contributed by atoms with Crippen LogP contribution in [0.2, 0.25) is 0 Å². The molecule has 0 aliphatic carbocycles. The second-order valence-electron chi connectivity index (χ2n) is 4.37. The van der Waals surface area contributed by atoms with Crippen molar-refractivity contribution in [2.75, 3.05) is 13.7 Å². The van der Waals surface area contributed by atoms with Crippen molar-refractivity contribution in [2.24, 2.45) is 0 Å². The van der Waals surface area contributed by atoms with E-state index in [4.69, 9.17) is 9.47 Å². The fourth-order valence-corrected chi connectivity index (χ4v) is 2.30. The molecule has 0 fully saturated rings. The summed E-state index contributed by atoms with van der Waals surface area (Å²) in [6.07, 6.45) is 0. The van der Waals surface area contributed by atoms with Crippen LogP contribution >= 0.6 is 0 Å². The van der Waals surface area contributed by atoms with Crippen LogP contribution in [0, 0.1) is 0 Å². The van der Waals surface area contributed by atoms with Crippen molar-refractivity contribution in [3.63, 3.8) is 0 Å². The molecule has 0 bridgehead atoms. The first-order valence-electron chi connectivity index (χ1n) is 5.83. The summed E-state index contributed by atoms with van der Waals surface area (Å²) in [4.78, 5) is 0. The molecule has 0 spiro atoms. The summed E-state index contributed by atoms with van der Waals surface area (Å²) in [6.45, 7) is 0.249. The first kappa shape index (κ1) is 11.1. The van der Waals surface area contributed by atoms with Gasteiger partial charge in [-0.15, -0.1) is 0 Å². The number of methoxy groups -OCH3 is 1. The zero-order valence-corrected chi connectivity index (χ0v) is 10.1. The van der Waals surface area contributed by atoms with E-state index in [2.05, 4.69) is 0 Å². The Bertz CT molecular complexity index is 562. The number of para-hydroxylation sites is 1. The van der Waals surface area contributed by atoms with E-state index in [1.165, 1.54) is 0 Å². The van der Waals surface area contributed by atoms with Crippen molar-refractivity contribution in [3.05, 3.63) is 59.7 Å². The third-order valence-electron chi connectivity index (χ3n) is 3.34. The molecule has 0 saturated heterocycles. The molecule has 0 saturated carbocycles. The van der Waals surface area contributed by atoms with Crippen molar-refractivity contribution < 1.29 is 14.6 Å². The average Bonchev–Trinajstić information content (AvgIpc) is 2.78. The topological polar surface area (TPSA) is 38.7 Å². The highest BCUT2D eigenvalue weighted by molar-refractivity contribution is 5.48. The van der Waals surface area contributed by atoms with E-state index in [-0.39, 0.29) is 6.61 Å². The molecule has 1 aliphatic heterocycles. The van der Waals surface area contributed by atoms with Crippen molar-refractivity contribution in [1.82, 2.24) is 0 Å². The maximum atomic E-state index is 10.8. The molecule has 92 valence electrons. The molecule has 1 atom stereocenters. The minimum Gasteiger partial charge on any atom is -0.497 e. The summed E-state index contributed by atoms with van der Waals surface area (Å²) in [5.41, 5.74) is 0.562. The smallest absolute Gasteiger partial charge is 0.152 e. The van der Waals surface area contributed by atoms with Gasteiger partial charge in [-0.1, -0.05) is 30.3 Å². The van der Waals surface area contributed by atoms with Gasteiger partial charge < -0.3 is 14.6 Å². The summed E-state index contributed by atoms with van der Waals surface area (Å²) < 4.78 is 10.7. The summed E-state index contributed by atoms with van der Waals surface area (Å²) in [7, 11) is 1.62. The van der Waals surface area contributed by atoms with Crippen molar-refractivity contribution in [1.29, 1.82) is 0 Å². The van der Waals surface area contributed by atoms with Crippen molar-refractivity contribution in [2.45, 2.75) is 5.60 Å². The van der Waals surface area contributed by atoms with Crippen LogP contribution in [-0.4, -0.2) is 18.8 Å². The summed E-state index contributed by atoms with van der Waals surface area (Å²) in [6, 6.07) is 15.0. The Morgan fingerprint density at radius 3 is 2.56 bits per heavy atom. The Morgan fingerprint density at radius 2 is 1.83 bits per heavy atom. The van der Waals surface area contributed by atoms with E-state index in [1.54, 1.807) is 7.11 Å². The van der Waals surface area contributed by atoms with Crippen LogP contribution < -0.4 is 9.47 Å². The molecule has 3 rings (SSSR count). The standard InChI is InChI=1S/C15H14O3/c1-17-12-8-6-11(7-9-12)15(16)10-18-14-5-3-2-4-13(14)15/h2-9,16H,10H2,1H3/t15-/m1/s1. The van der Waals surface area contributed by atoms with Crippen LogP contribution in [0.5, 0.6) is 11.5 Å². The van der Waals surface area contributed by atoms with Crippen LogP contribution in [-0.2, 0) is 5.60 Å². The zero-order chi connectivity index (χ0) is 12.6. The molecule has 0 radical (unpaired) electrons. The third-order valence-corrected chi connectivity index (χ3v) is 3.34. The summed E-state index contributed by atoms with van der Waals surface area (Å²) >= 11 is 0. The third kappa shape index (κ3) is 1.56. The van der Waals surface area contributed by atoms with Gasteiger partial charge in [0.05, 0.1) is 7.11 Å². The Morgan fingerprint density at radius 1 is 1.11 bits per heavy atom. The van der Waals surface area contributed by atoms with Gasteiger partial charge in [0.1, 0.15) is 18.1 Å². The molecule has 2 aromatic rings. The van der Waals surface area contributed by atoms with Gasteiger partial charge in [-0.2, -0.15) is 0 Å². The maximum absolute atomic E-state index is 10.8. The van der Waals surface area contributed by atoms with E-state index < -0.39 is 5.60 Å². The van der Waals surface area contributed by atoms with Crippen LogP contribution in [0.25, 0.3) is 0 Å². The quantitative estimate of drug-likeness (QED) is 0.878. The normalized spacial score (nSPS) is 21.2. The van der Waals surface area contributed by atoms with Gasteiger partial charge in [-0.3, -0.25) is 0 Å². The van der Waals surface area contributed by atoms with Gasteiger partial charge in [0, 0.05) is 5.56 Å². The molecule has 0 unspecified atom stereocenters. The Kier molecular flexibility index (Phi) is 2.49. The largest absolute Gasteiger partial charge is 0.497 e. The molecule has 18 heavy (non-hydrogen) atoms. The predicted octanol–water partition coefficient (Wildman–Crippen LogP) is 2.32. The first-order chi connectivity index (χ1) is 8.74. The van der Waals surface area contributed by atoms with E-state index in [0.717, 1.165) is 22.6 Å². The highest BCUT2D eigenvalue weighted by Crippen LogP contribution is 2.41. The lowest BCUT2D eigenvalue weighted by atomic mass is 9.88. The van der Waals surface area contributed by atoms with Gasteiger partial charge in [0.15, 0.2) is 5.60 Å². The first-order valence-corrected chi connectivity index (χ1v) is 5.83. The highest BCUT2D eigenvalue weighted by atomic mass is 16.5. The zero-order valence-electron chi connectivity index (χ0n) is 10.1. The number of rotatable bonds is 2. The minimum atomic E-state index is -1.07. The van der Waals surface area contributed by atoms with Gasteiger partial charge >= 0.3 is 0 Å². The average molecular weight is 242 g/mol. The SMILES string of the molecule is COc1ccc([C@]2(O)COc3ccccc32)cc1. The van der Waals surface area contributed by atoms with Crippen molar-refractivity contribution >= 4 is 0 Å². The highest BCUT2D eigenvalue weighted by Gasteiger charge is 2.40. The van der Waals surface area contributed by atoms with Crippen LogP contribution in [0.1, 0.15) is 11.1 Å². The fraction of sp³-hybridized carbons (Fsp3) is 0.200. The van der Waals surface area contributed by atoms with Gasteiger partial charge in [0.2, 0.25) is 0 Å². The molecule has 1 aliphatic rings. The van der Waals surface area contributed by atoms with E-state index in [9.17, 15) is 5.11 Å². The maximum Gasteiger partial charge on any atom is 0.152 e. The van der Waals surface area contributed by atoms with Crippen LogP contribution in [0.3, 0.4) is 0 Å². The lowest BCUT2D eigenvalue weighted by Gasteiger charge is -2.22. The molecule has 1 N–H and O–H groups in total. The number of ether oxygens (including phenoxy) is 2. The molecule has 3 nitrogen and oxygen atoms in total. The van der Waals surface area contributed by atoms with Crippen LogP contribution in [0.4, 0.5) is 0 Å². The van der Waals surface area contributed by atoms with Gasteiger partial charge in [-0.25, -0.2) is 0 Å². The van der Waals surface area contributed by atoms with E-state index >= 15 is 0 Å². The molecular weight excluding hydrogens is 228 g/mol. The number of hydrogen-bond donors (Lipinski definition) is 1. The number of aliphatic hydroxyl groups is 1. The van der Waals surface area contributed by atoms with Gasteiger partial charge in [-0.05, 0) is 23.8 Å². The number of benzene rings is 2. The number of fused-ring (bicyclic) bond motifs is 1. The molecular formula is C15H14O3. The van der Waals surface area contributed by atoms with Crippen LogP contribution in [0.15, 0.2) is 48.5 Å². The van der Waals surface area contributed by atoms with Crippen molar-refractivity contribution in [3.8, 4) is 11.5 Å². The van der Waals surface area contributed by atoms with Gasteiger partial charge in [0.25, 0.3) is 0 Å². The predicted molar refractivity (Wildman–Crippen MR) is 67.9 cm³/mol. The molecule has 0 aromatic heterocycles. The number of hydrogen-bond acceptors (Lipinski definition) is 3. The Labute approximate surface area is 106 Å². The fourth-order valence-electron chi connectivity index (χ4n) is 2.30. The Hall–Kier alpha value is -2.00. The molecule has 2 aromatic carbocycles. The second kappa shape index (κ2) is 4.03. The molecule has 3 heteroatoms. The molecule has 0 amide bonds. The Balaban J connectivity index is 2.05. The monoisotopic (exact) mass is 242 g/mol. The van der Waals surface area contributed by atoms with E-state index in [0.29, 0.717) is 0 Å². The lowest BCUT2D eigenvalue weighted by Crippen LogP contribution is -2.28. The lowest BCUT2D eigenvalue weighted by molar-refractivity contribution is 0.0559. The van der Waals surface area contributed by atoms with E-state index in [1.807, 2.05) is 48.5 Å². The molecule has 1 heterocycles.